The second-order valence-electron chi connectivity index (χ2n) is 8.22. The highest BCUT2D eigenvalue weighted by Gasteiger charge is 2.22. The van der Waals surface area contributed by atoms with Gasteiger partial charge in [-0.15, -0.1) is 11.3 Å². The summed E-state index contributed by atoms with van der Waals surface area (Å²) in [5.74, 6) is -1.26. The van der Waals surface area contributed by atoms with Gasteiger partial charge >= 0.3 is 5.97 Å². The lowest BCUT2D eigenvalue weighted by Crippen LogP contribution is -2.30. The summed E-state index contributed by atoms with van der Waals surface area (Å²) in [5.41, 5.74) is 4.01. The minimum absolute atomic E-state index is 0.0878. The van der Waals surface area contributed by atoms with Crippen LogP contribution in [0, 0.1) is 0 Å². The number of hydrogen-bond acceptors (Lipinski definition) is 7. The van der Waals surface area contributed by atoms with E-state index in [4.69, 9.17) is 4.74 Å². The molecule has 1 heterocycles. The predicted octanol–water partition coefficient (Wildman–Crippen LogP) is 5.30. The average molecular weight is 550 g/mol. The largest absolute Gasteiger partial charge is 0.452 e. The number of nitrogens with one attached hydrogen (secondary N) is 1. The number of nitrogens with zero attached hydrogens (tertiary/aromatic N) is 2. The van der Waals surface area contributed by atoms with E-state index in [9.17, 15) is 18.0 Å². The highest BCUT2D eigenvalue weighted by atomic mass is 32.2. The Morgan fingerprint density at radius 3 is 2.11 bits per heavy atom. The monoisotopic (exact) mass is 549 g/mol. The van der Waals surface area contributed by atoms with Gasteiger partial charge < -0.3 is 4.74 Å². The number of carbonyl (C=O) groups excluding carboxylic acids is 2. The zero-order chi connectivity index (χ0) is 27.1. The maximum atomic E-state index is 12.6. The summed E-state index contributed by atoms with van der Waals surface area (Å²) in [5, 5.41) is 4.87. The van der Waals surface area contributed by atoms with Crippen LogP contribution >= 0.6 is 11.3 Å². The topological polar surface area (TPSA) is 106 Å². The first-order valence-electron chi connectivity index (χ1n) is 12.0. The van der Waals surface area contributed by atoms with Crippen molar-refractivity contribution in [1.29, 1.82) is 0 Å². The molecule has 0 bridgehead atoms. The minimum Gasteiger partial charge on any atom is -0.452 e. The van der Waals surface area contributed by atoms with Gasteiger partial charge in [-0.1, -0.05) is 68.4 Å². The molecule has 0 saturated heterocycles. The van der Waals surface area contributed by atoms with Gasteiger partial charge in [0.25, 0.3) is 5.91 Å². The Morgan fingerprint density at radius 2 is 1.47 bits per heavy atom. The summed E-state index contributed by atoms with van der Waals surface area (Å²) in [4.78, 5) is 29.2. The summed E-state index contributed by atoms with van der Waals surface area (Å²) in [6, 6.07) is 23.5. The first-order valence-corrected chi connectivity index (χ1v) is 14.3. The van der Waals surface area contributed by atoms with E-state index in [1.54, 1.807) is 13.8 Å². The second kappa shape index (κ2) is 12.1. The van der Waals surface area contributed by atoms with Gasteiger partial charge in [-0.2, -0.15) is 4.31 Å². The molecule has 0 aliphatic heterocycles. The fraction of sp³-hybridized carbons (Fsp3) is 0.179. The fourth-order valence-corrected chi connectivity index (χ4v) is 5.97. The van der Waals surface area contributed by atoms with Gasteiger partial charge in [0.05, 0.1) is 16.2 Å². The Balaban J connectivity index is 1.31. The number of rotatable bonds is 10. The molecule has 0 fully saturated rings. The van der Waals surface area contributed by atoms with Crippen molar-refractivity contribution in [3.63, 3.8) is 0 Å². The molecular weight excluding hydrogens is 522 g/mol. The van der Waals surface area contributed by atoms with Crippen molar-refractivity contribution in [2.45, 2.75) is 18.7 Å². The Morgan fingerprint density at radius 1 is 0.868 bits per heavy atom. The van der Waals surface area contributed by atoms with Gasteiger partial charge in [0.2, 0.25) is 10.0 Å². The Labute approximate surface area is 226 Å². The van der Waals surface area contributed by atoms with Gasteiger partial charge in [0.1, 0.15) is 0 Å². The molecule has 4 rings (SSSR count). The van der Waals surface area contributed by atoms with Crippen molar-refractivity contribution < 1.29 is 22.7 Å². The number of thiazole rings is 1. The van der Waals surface area contributed by atoms with E-state index < -0.39 is 28.5 Å². The molecular formula is C28H27N3O5S2. The van der Waals surface area contributed by atoms with Gasteiger partial charge in [-0.05, 0) is 35.4 Å². The molecule has 0 unspecified atom stereocenters. The van der Waals surface area contributed by atoms with Crippen LogP contribution in [-0.4, -0.2) is 49.3 Å². The van der Waals surface area contributed by atoms with Crippen molar-refractivity contribution >= 4 is 38.4 Å². The number of esters is 1. The maximum absolute atomic E-state index is 12.6. The molecule has 0 aliphatic rings. The number of sulfonamides is 1. The number of hydrogen-bond donors (Lipinski definition) is 1. The van der Waals surface area contributed by atoms with Crippen LogP contribution in [0.3, 0.4) is 0 Å². The third-order valence-corrected chi connectivity index (χ3v) is 8.63. The van der Waals surface area contributed by atoms with Gasteiger partial charge in [0.15, 0.2) is 11.7 Å². The first kappa shape index (κ1) is 27.2. The van der Waals surface area contributed by atoms with Gasteiger partial charge in [-0.3, -0.25) is 10.1 Å². The van der Waals surface area contributed by atoms with Crippen LogP contribution in [-0.2, 0) is 19.6 Å². The molecule has 1 N–H and O–H groups in total. The van der Waals surface area contributed by atoms with Crippen molar-refractivity contribution in [1.82, 2.24) is 9.29 Å². The first-order chi connectivity index (χ1) is 18.3. The maximum Gasteiger partial charge on any atom is 0.338 e. The lowest BCUT2D eigenvalue weighted by molar-refractivity contribution is -0.119. The van der Waals surface area contributed by atoms with Crippen LogP contribution in [0.15, 0.2) is 89.1 Å². The molecule has 3 aromatic carbocycles. The van der Waals surface area contributed by atoms with E-state index in [2.05, 4.69) is 10.3 Å². The molecule has 0 saturated carbocycles. The third-order valence-electron chi connectivity index (χ3n) is 5.81. The quantitative estimate of drug-likeness (QED) is 0.269. The molecule has 0 aliphatic carbocycles. The third kappa shape index (κ3) is 6.34. The van der Waals surface area contributed by atoms with E-state index in [1.807, 2.05) is 60.0 Å². The van der Waals surface area contributed by atoms with Crippen molar-refractivity contribution in [3.8, 4) is 22.4 Å². The summed E-state index contributed by atoms with van der Waals surface area (Å²) in [6.45, 7) is 3.71. The zero-order valence-electron chi connectivity index (χ0n) is 21.0. The van der Waals surface area contributed by atoms with Crippen LogP contribution in [0.1, 0.15) is 24.2 Å². The van der Waals surface area contributed by atoms with E-state index >= 15 is 0 Å². The Bertz CT molecular complexity index is 1500. The van der Waals surface area contributed by atoms with Gasteiger partial charge in [0, 0.05) is 24.0 Å². The van der Waals surface area contributed by atoms with Crippen LogP contribution in [0.5, 0.6) is 0 Å². The SMILES string of the molecule is CCN(CC)S(=O)(=O)c1ccc(C(=O)OCC(=O)Nc2nc(-c3ccc(-c4ccccc4)cc3)cs2)cc1. The lowest BCUT2D eigenvalue weighted by Gasteiger charge is -2.18. The molecule has 38 heavy (non-hydrogen) atoms. The number of benzene rings is 3. The Hall–Kier alpha value is -3.86. The predicted molar refractivity (Wildman–Crippen MR) is 148 cm³/mol. The number of carbonyl (C=O) groups is 2. The normalized spacial score (nSPS) is 11.3. The summed E-state index contributed by atoms with van der Waals surface area (Å²) < 4.78 is 31.6. The summed E-state index contributed by atoms with van der Waals surface area (Å²) in [7, 11) is -3.63. The highest BCUT2D eigenvalue weighted by molar-refractivity contribution is 7.89. The van der Waals surface area contributed by atoms with Crippen LogP contribution in [0.25, 0.3) is 22.4 Å². The lowest BCUT2D eigenvalue weighted by atomic mass is 10.0. The van der Waals surface area contributed by atoms with Crippen molar-refractivity contribution in [3.05, 3.63) is 89.8 Å². The fourth-order valence-electron chi connectivity index (χ4n) is 3.77. The van der Waals surface area contributed by atoms with E-state index in [0.717, 1.165) is 22.4 Å². The average Bonchev–Trinajstić information content (AvgIpc) is 3.41. The van der Waals surface area contributed by atoms with Crippen LogP contribution in [0.4, 0.5) is 5.13 Å². The highest BCUT2D eigenvalue weighted by Crippen LogP contribution is 2.27. The van der Waals surface area contributed by atoms with E-state index in [1.165, 1.54) is 39.9 Å². The second-order valence-corrected chi connectivity index (χ2v) is 11.0. The number of aromatic nitrogens is 1. The molecule has 196 valence electrons. The molecule has 8 nitrogen and oxygen atoms in total. The van der Waals surface area contributed by atoms with E-state index in [0.29, 0.717) is 18.2 Å². The van der Waals surface area contributed by atoms with E-state index in [-0.39, 0.29) is 10.5 Å². The van der Waals surface area contributed by atoms with Gasteiger partial charge in [-0.25, -0.2) is 18.2 Å². The number of ether oxygens (including phenoxy) is 1. The molecule has 0 atom stereocenters. The number of amides is 1. The zero-order valence-corrected chi connectivity index (χ0v) is 22.6. The van der Waals surface area contributed by atoms with Crippen molar-refractivity contribution in [2.75, 3.05) is 25.0 Å². The molecule has 1 aromatic heterocycles. The smallest absolute Gasteiger partial charge is 0.338 e. The molecule has 1 amide bonds. The summed E-state index contributed by atoms with van der Waals surface area (Å²) in [6.07, 6.45) is 0. The van der Waals surface area contributed by atoms with Crippen LogP contribution in [0.2, 0.25) is 0 Å². The molecule has 0 spiro atoms. The Kier molecular flexibility index (Phi) is 8.67. The van der Waals surface area contributed by atoms with Crippen LogP contribution < -0.4 is 5.32 Å². The summed E-state index contributed by atoms with van der Waals surface area (Å²) >= 11 is 1.27. The molecule has 4 aromatic rings. The van der Waals surface area contributed by atoms with Crippen molar-refractivity contribution in [2.24, 2.45) is 0 Å². The number of anilines is 1. The standard InChI is InChI=1S/C28H27N3O5S2/c1-3-31(4-2)38(34,35)24-16-14-23(15-17-24)27(33)36-18-26(32)30-28-29-25(19-37-28)22-12-10-21(11-13-22)20-8-6-5-7-9-20/h5-17,19H,3-4,18H2,1-2H3,(H,29,30,32). The minimum atomic E-state index is -3.63. The molecule has 10 heteroatoms. The molecule has 0 radical (unpaired) electrons.